The summed E-state index contributed by atoms with van der Waals surface area (Å²) in [5, 5.41) is 20.2. The SMILES string of the molecule is COc1c(C)c(O)cc(O)c1C(=O)N1Cc2ccc(OC/C=C/C(=O)N(C)C)cc2C1. The molecule has 1 aliphatic heterocycles. The number of aromatic hydroxyl groups is 2. The van der Waals surface area contributed by atoms with E-state index in [9.17, 15) is 19.8 Å². The van der Waals surface area contributed by atoms with Crippen LogP contribution in [0.3, 0.4) is 0 Å². The second-order valence-electron chi connectivity index (χ2n) is 7.49. The summed E-state index contributed by atoms with van der Waals surface area (Å²) in [5.74, 6) is -0.184. The van der Waals surface area contributed by atoms with E-state index in [2.05, 4.69) is 0 Å². The molecule has 0 saturated carbocycles. The van der Waals surface area contributed by atoms with Crippen LogP contribution in [0.5, 0.6) is 23.0 Å². The van der Waals surface area contributed by atoms with Gasteiger partial charge in [-0.1, -0.05) is 6.07 Å². The van der Waals surface area contributed by atoms with Gasteiger partial charge in [0.25, 0.3) is 5.91 Å². The van der Waals surface area contributed by atoms with Crippen molar-refractivity contribution in [2.75, 3.05) is 27.8 Å². The van der Waals surface area contributed by atoms with Gasteiger partial charge < -0.3 is 29.5 Å². The number of rotatable bonds is 6. The predicted molar refractivity (Wildman–Crippen MR) is 114 cm³/mol. The van der Waals surface area contributed by atoms with Crippen LogP contribution < -0.4 is 9.47 Å². The maximum atomic E-state index is 13.1. The van der Waals surface area contributed by atoms with Crippen molar-refractivity contribution in [3.05, 3.63) is 58.7 Å². The van der Waals surface area contributed by atoms with E-state index >= 15 is 0 Å². The van der Waals surface area contributed by atoms with Gasteiger partial charge in [-0.05, 0) is 36.3 Å². The summed E-state index contributed by atoms with van der Waals surface area (Å²) in [5.41, 5.74) is 2.33. The van der Waals surface area contributed by atoms with Gasteiger partial charge in [-0.25, -0.2) is 0 Å². The topological polar surface area (TPSA) is 99.5 Å². The number of hydrogen-bond acceptors (Lipinski definition) is 6. The van der Waals surface area contributed by atoms with Crippen molar-refractivity contribution in [2.24, 2.45) is 0 Å². The van der Waals surface area contributed by atoms with Crippen LogP contribution in [0.25, 0.3) is 0 Å². The van der Waals surface area contributed by atoms with E-state index < -0.39 is 0 Å². The third-order valence-electron chi connectivity index (χ3n) is 5.13. The molecule has 31 heavy (non-hydrogen) atoms. The molecule has 8 nitrogen and oxygen atoms in total. The van der Waals surface area contributed by atoms with Crippen LogP contribution in [-0.2, 0) is 17.9 Å². The van der Waals surface area contributed by atoms with E-state index in [1.165, 1.54) is 18.1 Å². The minimum absolute atomic E-state index is 0.0257. The van der Waals surface area contributed by atoms with E-state index in [1.54, 1.807) is 32.0 Å². The Morgan fingerprint density at radius 1 is 1.13 bits per heavy atom. The minimum atomic E-state index is -0.388. The molecule has 2 amide bonds. The number of carbonyl (C=O) groups is 2. The highest BCUT2D eigenvalue weighted by molar-refractivity contribution is 6.00. The quantitative estimate of drug-likeness (QED) is 0.689. The minimum Gasteiger partial charge on any atom is -0.507 e. The molecule has 2 N–H and O–H groups in total. The number of amides is 2. The Balaban J connectivity index is 1.72. The van der Waals surface area contributed by atoms with Gasteiger partial charge in [0.2, 0.25) is 5.91 Å². The summed E-state index contributed by atoms with van der Waals surface area (Å²) < 4.78 is 11.0. The second kappa shape index (κ2) is 8.99. The van der Waals surface area contributed by atoms with Gasteiger partial charge in [0, 0.05) is 44.9 Å². The molecule has 0 unspecified atom stereocenters. The van der Waals surface area contributed by atoms with Crippen LogP contribution in [0.2, 0.25) is 0 Å². The van der Waals surface area contributed by atoms with Crippen molar-refractivity contribution in [3.8, 4) is 23.0 Å². The van der Waals surface area contributed by atoms with Gasteiger partial charge in [-0.15, -0.1) is 0 Å². The molecule has 3 rings (SSSR count). The summed E-state index contributed by atoms with van der Waals surface area (Å²) in [4.78, 5) is 27.7. The summed E-state index contributed by atoms with van der Waals surface area (Å²) >= 11 is 0. The molecule has 0 spiro atoms. The zero-order chi connectivity index (χ0) is 22.7. The number of ether oxygens (including phenoxy) is 2. The zero-order valence-corrected chi connectivity index (χ0v) is 18.0. The molecule has 8 heteroatoms. The smallest absolute Gasteiger partial charge is 0.262 e. The molecule has 0 radical (unpaired) electrons. The number of fused-ring (bicyclic) bond motifs is 1. The fraction of sp³-hybridized carbons (Fsp3) is 0.304. The van der Waals surface area contributed by atoms with Crippen molar-refractivity contribution in [3.63, 3.8) is 0 Å². The molecule has 0 aliphatic carbocycles. The fourth-order valence-electron chi connectivity index (χ4n) is 3.40. The second-order valence-corrected chi connectivity index (χ2v) is 7.49. The van der Waals surface area contributed by atoms with Gasteiger partial charge in [-0.3, -0.25) is 9.59 Å². The lowest BCUT2D eigenvalue weighted by Crippen LogP contribution is -2.26. The molecule has 0 bridgehead atoms. The molecule has 0 atom stereocenters. The first-order valence-corrected chi connectivity index (χ1v) is 9.74. The number of likely N-dealkylation sites (N-methyl/N-ethyl adjacent to an activating group) is 1. The number of phenols is 2. The first kappa shape index (κ1) is 22.0. The van der Waals surface area contributed by atoms with Gasteiger partial charge >= 0.3 is 0 Å². The van der Waals surface area contributed by atoms with Crippen LogP contribution in [0.15, 0.2) is 36.4 Å². The van der Waals surface area contributed by atoms with Gasteiger partial charge in [0.15, 0.2) is 0 Å². The lowest BCUT2D eigenvalue weighted by molar-refractivity contribution is -0.123. The molecule has 0 saturated heterocycles. The molecule has 1 aliphatic rings. The summed E-state index contributed by atoms with van der Waals surface area (Å²) in [6.07, 6.45) is 3.10. The summed E-state index contributed by atoms with van der Waals surface area (Å²) in [6, 6.07) is 6.72. The number of hydrogen-bond donors (Lipinski definition) is 2. The monoisotopic (exact) mass is 426 g/mol. The standard InChI is InChI=1S/C23H26N2O6/c1-14-18(26)11-19(27)21(22(14)30-4)23(29)25-12-15-7-8-17(10-16(15)13-25)31-9-5-6-20(28)24(2)3/h5-8,10-11,26-27H,9,12-13H2,1-4H3/b6-5+. The maximum absolute atomic E-state index is 13.1. The Kier molecular flexibility index (Phi) is 6.39. The molecule has 2 aromatic carbocycles. The van der Waals surface area contributed by atoms with E-state index in [4.69, 9.17) is 9.47 Å². The van der Waals surface area contributed by atoms with Crippen LogP contribution in [0, 0.1) is 6.92 Å². The zero-order valence-electron chi connectivity index (χ0n) is 18.0. The van der Waals surface area contributed by atoms with Gasteiger partial charge in [0.05, 0.1) is 7.11 Å². The first-order chi connectivity index (χ1) is 14.7. The van der Waals surface area contributed by atoms with Crippen molar-refractivity contribution in [1.29, 1.82) is 0 Å². The summed E-state index contributed by atoms with van der Waals surface area (Å²) in [7, 11) is 4.74. The molecule has 164 valence electrons. The first-order valence-electron chi connectivity index (χ1n) is 9.74. The average Bonchev–Trinajstić information content (AvgIpc) is 3.16. The molecule has 1 heterocycles. The maximum Gasteiger partial charge on any atom is 0.262 e. The highest BCUT2D eigenvalue weighted by atomic mass is 16.5. The Morgan fingerprint density at radius 3 is 2.52 bits per heavy atom. The molecule has 0 aromatic heterocycles. The third kappa shape index (κ3) is 4.58. The predicted octanol–water partition coefficient (Wildman–Crippen LogP) is 2.59. The Hall–Kier alpha value is -3.68. The lowest BCUT2D eigenvalue weighted by atomic mass is 10.1. The normalized spacial score (nSPS) is 12.7. The van der Waals surface area contributed by atoms with Gasteiger partial charge in [-0.2, -0.15) is 0 Å². The Morgan fingerprint density at radius 2 is 1.84 bits per heavy atom. The van der Waals surface area contributed by atoms with Crippen LogP contribution in [0.1, 0.15) is 27.0 Å². The largest absolute Gasteiger partial charge is 0.507 e. The number of nitrogens with zero attached hydrogens (tertiary/aromatic N) is 2. The van der Waals surface area contributed by atoms with Crippen LogP contribution >= 0.6 is 0 Å². The molecular formula is C23H26N2O6. The van der Waals surface area contributed by atoms with Crippen molar-refractivity contribution in [1.82, 2.24) is 9.80 Å². The number of phenolic OH excluding ortho intramolecular Hbond substituents is 2. The Bertz CT molecular complexity index is 1040. The number of carbonyl (C=O) groups excluding carboxylic acids is 2. The highest BCUT2D eigenvalue weighted by Gasteiger charge is 2.30. The van der Waals surface area contributed by atoms with Crippen molar-refractivity contribution < 1.29 is 29.3 Å². The van der Waals surface area contributed by atoms with E-state index in [1.807, 2.05) is 18.2 Å². The van der Waals surface area contributed by atoms with E-state index in [0.29, 0.717) is 24.4 Å². The molecule has 2 aromatic rings. The summed E-state index contributed by atoms with van der Waals surface area (Å²) in [6.45, 7) is 2.60. The third-order valence-corrected chi connectivity index (χ3v) is 5.13. The van der Waals surface area contributed by atoms with Gasteiger partial charge in [0.1, 0.15) is 35.2 Å². The Labute approximate surface area is 180 Å². The van der Waals surface area contributed by atoms with Crippen LogP contribution in [0.4, 0.5) is 0 Å². The molecular weight excluding hydrogens is 400 g/mol. The average molecular weight is 426 g/mol. The fourth-order valence-corrected chi connectivity index (χ4v) is 3.40. The van der Waals surface area contributed by atoms with E-state index in [0.717, 1.165) is 17.2 Å². The van der Waals surface area contributed by atoms with E-state index in [-0.39, 0.29) is 41.2 Å². The van der Waals surface area contributed by atoms with Crippen molar-refractivity contribution in [2.45, 2.75) is 20.0 Å². The lowest BCUT2D eigenvalue weighted by Gasteiger charge is -2.19. The number of benzene rings is 2. The number of methoxy groups -OCH3 is 1. The van der Waals surface area contributed by atoms with Crippen molar-refractivity contribution >= 4 is 11.8 Å². The highest BCUT2D eigenvalue weighted by Crippen LogP contribution is 2.39. The molecule has 0 fully saturated rings. The van der Waals surface area contributed by atoms with Crippen LogP contribution in [-0.4, -0.2) is 59.6 Å².